The first kappa shape index (κ1) is 16.5. The summed E-state index contributed by atoms with van der Waals surface area (Å²) in [7, 11) is 0. The van der Waals surface area contributed by atoms with Gasteiger partial charge >= 0.3 is 0 Å². The van der Waals surface area contributed by atoms with Gasteiger partial charge in [0.1, 0.15) is 0 Å². The Morgan fingerprint density at radius 3 is 1.45 bits per heavy atom. The third-order valence-corrected chi connectivity index (χ3v) is 3.78. The predicted octanol–water partition coefficient (Wildman–Crippen LogP) is 1.92. The van der Waals surface area contributed by atoms with Crippen LogP contribution < -0.4 is 10.6 Å². The van der Waals surface area contributed by atoms with Crippen LogP contribution in [0.1, 0.15) is 52.4 Å². The fourth-order valence-corrected chi connectivity index (χ4v) is 1.95. The molecule has 122 valence electrons. The molecular weight excluding hydrogens is 284 g/mol. The monoisotopic (exact) mass is 308 g/mol. The molecule has 2 aliphatic rings. The molecule has 2 rings (SSSR count). The van der Waals surface area contributed by atoms with Crippen molar-refractivity contribution in [3.63, 3.8) is 0 Å². The van der Waals surface area contributed by atoms with E-state index in [4.69, 9.17) is 0 Å². The first-order valence-electron chi connectivity index (χ1n) is 7.82. The smallest absolute Gasteiger partial charge is 0.220 e. The molecule has 0 aliphatic carbocycles. The first-order valence-corrected chi connectivity index (χ1v) is 7.82. The molecule has 0 fully saturated rings. The van der Waals surface area contributed by atoms with Gasteiger partial charge in [-0.05, 0) is 26.7 Å². The van der Waals surface area contributed by atoms with Gasteiger partial charge in [-0.3, -0.25) is 9.59 Å². The Kier molecular flexibility index (Phi) is 5.20. The van der Waals surface area contributed by atoms with Crippen molar-refractivity contribution in [3.8, 4) is 0 Å². The quantitative estimate of drug-likeness (QED) is 0.569. The zero-order chi connectivity index (χ0) is 16.1. The number of carbonyl (C=O) groups is 2. The second-order valence-electron chi connectivity index (χ2n) is 6.24. The van der Waals surface area contributed by atoms with Crippen molar-refractivity contribution in [1.29, 1.82) is 0 Å². The SMILES string of the molecule is CC1(CCC(=O)NCCCCNC(=O)CCC2(C)N=N2)N=N1. The van der Waals surface area contributed by atoms with Gasteiger partial charge in [0, 0.05) is 38.8 Å². The van der Waals surface area contributed by atoms with Crippen LogP contribution in [0.3, 0.4) is 0 Å². The van der Waals surface area contributed by atoms with Gasteiger partial charge in [0.2, 0.25) is 11.8 Å². The second-order valence-corrected chi connectivity index (χ2v) is 6.24. The van der Waals surface area contributed by atoms with E-state index in [9.17, 15) is 9.59 Å². The highest BCUT2D eigenvalue weighted by molar-refractivity contribution is 5.76. The molecule has 8 heteroatoms. The summed E-state index contributed by atoms with van der Waals surface area (Å²) >= 11 is 0. The fourth-order valence-electron chi connectivity index (χ4n) is 1.95. The van der Waals surface area contributed by atoms with E-state index in [1.165, 1.54) is 0 Å². The van der Waals surface area contributed by atoms with Crippen LogP contribution in [-0.4, -0.2) is 36.2 Å². The summed E-state index contributed by atoms with van der Waals surface area (Å²) in [5.74, 6) is 0.0699. The number of nitrogens with one attached hydrogen (secondary N) is 2. The Bertz CT molecular complexity index is 432. The van der Waals surface area contributed by atoms with Crippen LogP contribution in [0.15, 0.2) is 20.5 Å². The topological polar surface area (TPSA) is 108 Å². The Hall–Kier alpha value is -1.86. The normalized spacial score (nSPS) is 18.8. The summed E-state index contributed by atoms with van der Waals surface area (Å²) in [6, 6.07) is 0. The Balaban J connectivity index is 1.37. The van der Waals surface area contributed by atoms with Crippen molar-refractivity contribution in [2.45, 2.75) is 63.7 Å². The molecule has 2 aliphatic heterocycles. The number of hydrogen-bond acceptors (Lipinski definition) is 6. The lowest BCUT2D eigenvalue weighted by molar-refractivity contribution is -0.122. The van der Waals surface area contributed by atoms with Crippen LogP contribution in [0.2, 0.25) is 0 Å². The van der Waals surface area contributed by atoms with E-state index >= 15 is 0 Å². The maximum atomic E-state index is 11.6. The molecule has 2 amide bonds. The molecule has 0 aromatic carbocycles. The predicted molar refractivity (Wildman–Crippen MR) is 80.2 cm³/mol. The third kappa shape index (κ3) is 6.28. The standard InChI is InChI=1S/C14H24N6O2/c1-13(17-18-13)7-5-11(21)15-9-3-4-10-16-12(22)6-8-14(2)19-20-14/h3-10H2,1-2H3,(H,15,21)(H,16,22). The van der Waals surface area contributed by atoms with Crippen LogP contribution >= 0.6 is 0 Å². The second kappa shape index (κ2) is 6.93. The van der Waals surface area contributed by atoms with E-state index in [0.717, 1.165) is 12.8 Å². The van der Waals surface area contributed by atoms with Crippen molar-refractivity contribution in [1.82, 2.24) is 10.6 Å². The maximum absolute atomic E-state index is 11.6. The van der Waals surface area contributed by atoms with Gasteiger partial charge in [-0.15, -0.1) is 0 Å². The van der Waals surface area contributed by atoms with Crippen LogP contribution in [0.5, 0.6) is 0 Å². The first-order chi connectivity index (χ1) is 10.4. The molecule has 0 radical (unpaired) electrons. The summed E-state index contributed by atoms with van der Waals surface area (Å²) in [4.78, 5) is 23.1. The summed E-state index contributed by atoms with van der Waals surface area (Å²) in [6.07, 6.45) is 3.95. The van der Waals surface area contributed by atoms with Crippen LogP contribution in [0.4, 0.5) is 0 Å². The summed E-state index contributed by atoms with van der Waals surface area (Å²) < 4.78 is 0. The minimum atomic E-state index is -0.306. The van der Waals surface area contributed by atoms with Crippen LogP contribution in [-0.2, 0) is 9.59 Å². The van der Waals surface area contributed by atoms with Gasteiger partial charge in [0.05, 0.1) is 0 Å². The van der Waals surface area contributed by atoms with E-state index in [1.54, 1.807) is 0 Å². The van der Waals surface area contributed by atoms with E-state index in [1.807, 2.05) is 13.8 Å². The van der Waals surface area contributed by atoms with Crippen molar-refractivity contribution in [3.05, 3.63) is 0 Å². The minimum Gasteiger partial charge on any atom is -0.356 e. The Labute approximate surface area is 130 Å². The van der Waals surface area contributed by atoms with Gasteiger partial charge in [-0.2, -0.15) is 20.5 Å². The van der Waals surface area contributed by atoms with Gasteiger partial charge < -0.3 is 10.6 Å². The third-order valence-electron chi connectivity index (χ3n) is 3.78. The molecule has 0 spiro atoms. The summed E-state index contributed by atoms with van der Waals surface area (Å²) in [5.41, 5.74) is -0.612. The highest BCUT2D eigenvalue weighted by Gasteiger charge is 2.34. The van der Waals surface area contributed by atoms with Gasteiger partial charge in [-0.25, -0.2) is 0 Å². The molecule has 0 saturated carbocycles. The zero-order valence-electron chi connectivity index (χ0n) is 13.3. The fraction of sp³-hybridized carbons (Fsp3) is 0.857. The average Bonchev–Trinajstić information content (AvgIpc) is 3.39. The molecule has 0 saturated heterocycles. The number of amides is 2. The molecule has 2 heterocycles. The maximum Gasteiger partial charge on any atom is 0.220 e. The van der Waals surface area contributed by atoms with Crippen LogP contribution in [0, 0.1) is 0 Å². The number of carbonyl (C=O) groups excluding carboxylic acids is 2. The highest BCUT2D eigenvalue weighted by Crippen LogP contribution is 2.32. The number of rotatable bonds is 11. The summed E-state index contributed by atoms with van der Waals surface area (Å²) in [6.45, 7) is 5.09. The van der Waals surface area contributed by atoms with Crippen molar-refractivity contribution < 1.29 is 9.59 Å². The molecule has 0 unspecified atom stereocenters. The largest absolute Gasteiger partial charge is 0.356 e. The molecule has 0 aromatic heterocycles. The molecule has 0 atom stereocenters. The van der Waals surface area contributed by atoms with Gasteiger partial charge in [0.25, 0.3) is 0 Å². The minimum absolute atomic E-state index is 0.0349. The lowest BCUT2D eigenvalue weighted by Crippen LogP contribution is -2.28. The summed E-state index contributed by atoms with van der Waals surface area (Å²) in [5, 5.41) is 21.2. The van der Waals surface area contributed by atoms with E-state index in [2.05, 4.69) is 31.1 Å². The Morgan fingerprint density at radius 2 is 1.14 bits per heavy atom. The molecular formula is C14H24N6O2. The van der Waals surface area contributed by atoms with E-state index in [0.29, 0.717) is 38.8 Å². The molecule has 22 heavy (non-hydrogen) atoms. The Morgan fingerprint density at radius 1 is 0.773 bits per heavy atom. The van der Waals surface area contributed by atoms with Gasteiger partial charge in [0.15, 0.2) is 11.3 Å². The number of hydrogen-bond donors (Lipinski definition) is 2. The molecule has 2 N–H and O–H groups in total. The number of nitrogens with zero attached hydrogens (tertiary/aromatic N) is 4. The molecule has 0 aromatic rings. The molecule has 8 nitrogen and oxygen atoms in total. The zero-order valence-corrected chi connectivity index (χ0v) is 13.3. The van der Waals surface area contributed by atoms with Crippen molar-refractivity contribution in [2.24, 2.45) is 20.5 Å². The van der Waals surface area contributed by atoms with Crippen LogP contribution in [0.25, 0.3) is 0 Å². The van der Waals surface area contributed by atoms with E-state index in [-0.39, 0.29) is 23.1 Å². The average molecular weight is 308 g/mol. The number of unbranched alkanes of at least 4 members (excludes halogenated alkanes) is 1. The lowest BCUT2D eigenvalue weighted by Gasteiger charge is -2.08. The van der Waals surface area contributed by atoms with Gasteiger partial charge in [-0.1, -0.05) is 0 Å². The lowest BCUT2D eigenvalue weighted by atomic mass is 10.1. The van der Waals surface area contributed by atoms with E-state index < -0.39 is 0 Å². The molecule has 0 bridgehead atoms. The van der Waals surface area contributed by atoms with Crippen molar-refractivity contribution in [2.75, 3.05) is 13.1 Å². The highest BCUT2D eigenvalue weighted by atomic mass is 16.2. The van der Waals surface area contributed by atoms with Crippen molar-refractivity contribution >= 4 is 11.8 Å².